The standard InChI is InChI=1S/C14H21FN4O2/c15-13-11(2-1-3-12(13)14(16)18-20)10-17-4-5-19-6-8-21-9-7-19/h1-3,17,20H,4-10H2,(H2,16,18). The molecule has 0 radical (unpaired) electrons. The number of nitrogens with zero attached hydrogens (tertiary/aromatic N) is 2. The maximum atomic E-state index is 14.2. The van der Waals surface area contributed by atoms with Gasteiger partial charge in [0.25, 0.3) is 0 Å². The van der Waals surface area contributed by atoms with Crippen LogP contribution in [0.1, 0.15) is 11.1 Å². The molecule has 6 nitrogen and oxygen atoms in total. The number of halogens is 1. The van der Waals surface area contributed by atoms with Gasteiger partial charge in [-0.25, -0.2) is 4.39 Å². The van der Waals surface area contributed by atoms with Crippen LogP contribution in [-0.4, -0.2) is 55.3 Å². The largest absolute Gasteiger partial charge is 0.409 e. The minimum absolute atomic E-state index is 0.116. The number of nitrogens with one attached hydrogen (secondary N) is 1. The Bertz CT molecular complexity index is 490. The summed E-state index contributed by atoms with van der Waals surface area (Å²) in [4.78, 5) is 2.31. The molecule has 21 heavy (non-hydrogen) atoms. The number of ether oxygens (including phenoxy) is 1. The van der Waals surface area contributed by atoms with E-state index in [0.717, 1.165) is 39.4 Å². The molecule has 0 aliphatic carbocycles. The first-order chi connectivity index (χ1) is 10.2. The summed E-state index contributed by atoms with van der Waals surface area (Å²) < 4.78 is 19.4. The second-order valence-electron chi connectivity index (χ2n) is 4.89. The van der Waals surface area contributed by atoms with Gasteiger partial charge in [0.15, 0.2) is 5.84 Å². The maximum absolute atomic E-state index is 14.2. The average Bonchev–Trinajstić information content (AvgIpc) is 2.53. The Labute approximate surface area is 123 Å². The highest BCUT2D eigenvalue weighted by atomic mass is 19.1. The predicted molar refractivity (Wildman–Crippen MR) is 77.9 cm³/mol. The molecule has 1 fully saturated rings. The van der Waals surface area contributed by atoms with Gasteiger partial charge in [-0.15, -0.1) is 0 Å². The quantitative estimate of drug-likeness (QED) is 0.232. The number of benzene rings is 1. The fraction of sp³-hybridized carbons (Fsp3) is 0.500. The molecule has 0 unspecified atom stereocenters. The molecule has 0 atom stereocenters. The Balaban J connectivity index is 1.83. The molecule has 1 aromatic rings. The van der Waals surface area contributed by atoms with Crippen molar-refractivity contribution in [2.45, 2.75) is 6.54 Å². The molecule has 1 aliphatic heterocycles. The third-order valence-electron chi connectivity index (χ3n) is 3.49. The molecule has 1 aliphatic rings. The first-order valence-electron chi connectivity index (χ1n) is 6.98. The van der Waals surface area contributed by atoms with E-state index in [2.05, 4.69) is 15.4 Å². The van der Waals surface area contributed by atoms with Gasteiger partial charge in [-0.2, -0.15) is 0 Å². The number of hydrogen-bond acceptors (Lipinski definition) is 5. The summed E-state index contributed by atoms with van der Waals surface area (Å²) in [6, 6.07) is 4.86. The molecule has 2 rings (SSSR count). The molecule has 0 amide bonds. The summed E-state index contributed by atoms with van der Waals surface area (Å²) in [7, 11) is 0. The number of oxime groups is 1. The van der Waals surface area contributed by atoms with Crippen molar-refractivity contribution in [2.75, 3.05) is 39.4 Å². The second kappa shape index (κ2) is 7.92. The number of morpholine rings is 1. The lowest BCUT2D eigenvalue weighted by Crippen LogP contribution is -2.40. The summed E-state index contributed by atoms with van der Waals surface area (Å²) in [6.45, 7) is 5.51. The molecule has 0 saturated carbocycles. The summed E-state index contributed by atoms with van der Waals surface area (Å²) in [5.41, 5.74) is 6.05. The Hall–Kier alpha value is -1.70. The van der Waals surface area contributed by atoms with Gasteiger partial charge < -0.3 is 21.0 Å². The first kappa shape index (κ1) is 15.7. The zero-order valence-electron chi connectivity index (χ0n) is 11.9. The van der Waals surface area contributed by atoms with Crippen LogP contribution < -0.4 is 11.1 Å². The van der Waals surface area contributed by atoms with Crippen LogP contribution >= 0.6 is 0 Å². The van der Waals surface area contributed by atoms with Gasteiger partial charge >= 0.3 is 0 Å². The van der Waals surface area contributed by atoms with Crippen molar-refractivity contribution < 1.29 is 14.3 Å². The lowest BCUT2D eigenvalue weighted by atomic mass is 10.1. The van der Waals surface area contributed by atoms with Crippen molar-refractivity contribution >= 4 is 5.84 Å². The molecule has 4 N–H and O–H groups in total. The van der Waals surface area contributed by atoms with Crippen molar-refractivity contribution in [1.82, 2.24) is 10.2 Å². The van der Waals surface area contributed by atoms with Crippen LogP contribution in [-0.2, 0) is 11.3 Å². The zero-order chi connectivity index (χ0) is 15.1. The van der Waals surface area contributed by atoms with Gasteiger partial charge in [-0.3, -0.25) is 4.90 Å². The maximum Gasteiger partial charge on any atom is 0.173 e. The van der Waals surface area contributed by atoms with Gasteiger partial charge in [0.2, 0.25) is 0 Å². The smallest absolute Gasteiger partial charge is 0.173 e. The van der Waals surface area contributed by atoms with Crippen molar-refractivity contribution in [3.63, 3.8) is 0 Å². The van der Waals surface area contributed by atoms with Crippen LogP contribution in [0.2, 0.25) is 0 Å². The highest BCUT2D eigenvalue weighted by Crippen LogP contribution is 2.12. The molecular formula is C14H21FN4O2. The topological polar surface area (TPSA) is 83.1 Å². The summed E-state index contributed by atoms with van der Waals surface area (Å²) >= 11 is 0. The van der Waals surface area contributed by atoms with E-state index in [1.165, 1.54) is 6.07 Å². The van der Waals surface area contributed by atoms with Gasteiger partial charge in [-0.1, -0.05) is 17.3 Å². The molecule has 1 saturated heterocycles. The van der Waals surface area contributed by atoms with Crippen molar-refractivity contribution in [1.29, 1.82) is 0 Å². The van der Waals surface area contributed by atoms with Crippen molar-refractivity contribution in [2.24, 2.45) is 10.9 Å². The van der Waals surface area contributed by atoms with Crippen LogP contribution in [0.4, 0.5) is 4.39 Å². The molecule has 1 heterocycles. The fourth-order valence-electron chi connectivity index (χ4n) is 2.25. The van der Waals surface area contributed by atoms with Crippen LogP contribution in [0.15, 0.2) is 23.4 Å². The summed E-state index contributed by atoms with van der Waals surface area (Å²) in [5.74, 6) is -0.672. The van der Waals surface area contributed by atoms with Crippen molar-refractivity contribution in [3.8, 4) is 0 Å². The summed E-state index contributed by atoms with van der Waals surface area (Å²) in [5, 5.41) is 14.7. The molecule has 116 valence electrons. The van der Waals surface area contributed by atoms with Crippen molar-refractivity contribution in [3.05, 3.63) is 35.1 Å². The average molecular weight is 296 g/mol. The highest BCUT2D eigenvalue weighted by molar-refractivity contribution is 5.97. The van der Waals surface area contributed by atoms with E-state index in [-0.39, 0.29) is 11.4 Å². The molecule has 0 spiro atoms. The molecule has 0 bridgehead atoms. The minimum atomic E-state index is -0.452. The van der Waals surface area contributed by atoms with Gasteiger partial charge in [0.05, 0.1) is 18.8 Å². The highest BCUT2D eigenvalue weighted by Gasteiger charge is 2.12. The zero-order valence-corrected chi connectivity index (χ0v) is 11.9. The minimum Gasteiger partial charge on any atom is -0.409 e. The van der Waals surface area contributed by atoms with Gasteiger partial charge in [-0.05, 0) is 6.07 Å². The predicted octanol–water partition coefficient (Wildman–Crippen LogP) is 0.342. The van der Waals surface area contributed by atoms with Gasteiger partial charge in [0.1, 0.15) is 5.82 Å². The summed E-state index contributed by atoms with van der Waals surface area (Å²) in [6.07, 6.45) is 0. The Morgan fingerprint density at radius 2 is 2.19 bits per heavy atom. The Kier molecular flexibility index (Phi) is 5.91. The van der Waals surface area contributed by atoms with E-state index in [1.807, 2.05) is 0 Å². The third kappa shape index (κ3) is 4.38. The molecule has 1 aromatic carbocycles. The van der Waals surface area contributed by atoms with Crippen LogP contribution in [0.3, 0.4) is 0 Å². The van der Waals surface area contributed by atoms with E-state index in [9.17, 15) is 4.39 Å². The number of amidine groups is 1. The lowest BCUT2D eigenvalue weighted by Gasteiger charge is -2.26. The second-order valence-corrected chi connectivity index (χ2v) is 4.89. The van der Waals surface area contributed by atoms with E-state index >= 15 is 0 Å². The number of rotatable bonds is 6. The number of nitrogens with two attached hydrogens (primary N) is 1. The fourth-order valence-corrected chi connectivity index (χ4v) is 2.25. The SMILES string of the molecule is N/C(=N/O)c1cccc(CNCCN2CCOCC2)c1F. The van der Waals surface area contributed by atoms with E-state index in [0.29, 0.717) is 12.1 Å². The van der Waals surface area contributed by atoms with E-state index < -0.39 is 5.82 Å². The Morgan fingerprint density at radius 1 is 1.43 bits per heavy atom. The van der Waals surface area contributed by atoms with Crippen LogP contribution in [0.5, 0.6) is 0 Å². The van der Waals surface area contributed by atoms with Crippen LogP contribution in [0.25, 0.3) is 0 Å². The third-order valence-corrected chi connectivity index (χ3v) is 3.49. The normalized spacial score (nSPS) is 17.1. The molecular weight excluding hydrogens is 275 g/mol. The van der Waals surface area contributed by atoms with E-state index in [1.54, 1.807) is 12.1 Å². The molecule has 0 aromatic heterocycles. The Morgan fingerprint density at radius 3 is 2.90 bits per heavy atom. The first-order valence-corrected chi connectivity index (χ1v) is 6.98. The molecule has 7 heteroatoms. The van der Waals surface area contributed by atoms with Gasteiger partial charge in [0, 0.05) is 38.3 Å². The number of hydrogen-bond donors (Lipinski definition) is 3. The van der Waals surface area contributed by atoms with Crippen LogP contribution in [0, 0.1) is 5.82 Å². The monoisotopic (exact) mass is 296 g/mol. The lowest BCUT2D eigenvalue weighted by molar-refractivity contribution is 0.0384. The van der Waals surface area contributed by atoms with E-state index in [4.69, 9.17) is 15.7 Å².